The lowest BCUT2D eigenvalue weighted by molar-refractivity contribution is -0.111. The number of nitrogens with one attached hydrogen (secondary N) is 2. The molecule has 210 valence electrons. The number of nitrogens with zero attached hydrogens (tertiary/aromatic N) is 4. The number of carbonyl (C=O) groups excluding carboxylic acids is 1. The minimum absolute atomic E-state index is 0.179. The van der Waals surface area contributed by atoms with E-state index in [1.807, 2.05) is 6.07 Å². The van der Waals surface area contributed by atoms with Crippen LogP contribution in [0, 0.1) is 0 Å². The van der Waals surface area contributed by atoms with Crippen molar-refractivity contribution in [2.75, 3.05) is 48.8 Å². The van der Waals surface area contributed by atoms with Gasteiger partial charge in [0.25, 0.3) is 0 Å². The first-order valence-corrected chi connectivity index (χ1v) is 14.1. The van der Waals surface area contributed by atoms with E-state index in [0.717, 1.165) is 24.5 Å². The van der Waals surface area contributed by atoms with Gasteiger partial charge < -0.3 is 29.9 Å². The average molecular weight is 563 g/mol. The molecule has 2 aromatic carbocycles. The van der Waals surface area contributed by atoms with Crippen LogP contribution in [0.2, 0.25) is 5.02 Å². The molecule has 3 aromatic rings. The topological polar surface area (TPSA) is 91.8 Å². The van der Waals surface area contributed by atoms with Crippen molar-refractivity contribution >= 4 is 40.5 Å². The zero-order chi connectivity index (χ0) is 27.9. The molecule has 3 heterocycles. The van der Waals surface area contributed by atoms with Crippen LogP contribution in [0.4, 0.5) is 23.0 Å². The molecule has 1 amide bonds. The number of amides is 1. The van der Waals surface area contributed by atoms with Crippen molar-refractivity contribution in [2.24, 2.45) is 0 Å². The number of piperidine rings is 2. The standard InChI is InChI=1S/C30H35ClN6O3/c1-3-28(38)33-21-8-7-9-24(18-21)40-29-25(31)20-32-30(35-29)34-26-11-10-23(19-27(26)39-2)37-16-12-22(13-17-37)36-14-5-4-6-15-36/h3,7-11,18-20,22H,1,4-6,12-17H2,2H3,(H,33,38)(H,32,34,35). The molecule has 10 heteroatoms. The Morgan fingerprint density at radius 2 is 1.90 bits per heavy atom. The van der Waals surface area contributed by atoms with Crippen LogP contribution in [0.25, 0.3) is 0 Å². The number of ether oxygens (including phenoxy) is 2. The molecule has 0 atom stereocenters. The normalized spacial score (nSPS) is 16.3. The van der Waals surface area contributed by atoms with Crippen LogP contribution >= 0.6 is 11.6 Å². The zero-order valence-electron chi connectivity index (χ0n) is 22.7. The Morgan fingerprint density at radius 1 is 1.10 bits per heavy atom. The summed E-state index contributed by atoms with van der Waals surface area (Å²) in [4.78, 5) is 25.5. The molecule has 1 aromatic heterocycles. The molecule has 0 unspecified atom stereocenters. The number of benzene rings is 2. The van der Waals surface area contributed by atoms with E-state index in [1.54, 1.807) is 31.4 Å². The van der Waals surface area contributed by atoms with Crippen LogP contribution in [0.5, 0.6) is 17.4 Å². The third-order valence-electron chi connectivity index (χ3n) is 7.38. The van der Waals surface area contributed by atoms with Crippen LogP contribution in [-0.2, 0) is 4.79 Å². The number of likely N-dealkylation sites (tertiary alicyclic amines) is 1. The monoisotopic (exact) mass is 562 g/mol. The Balaban J connectivity index is 1.25. The Morgan fingerprint density at radius 3 is 2.65 bits per heavy atom. The number of anilines is 4. The maximum atomic E-state index is 11.6. The Bertz CT molecular complexity index is 1340. The highest BCUT2D eigenvalue weighted by molar-refractivity contribution is 6.31. The maximum Gasteiger partial charge on any atom is 0.247 e. The Kier molecular flexibility index (Phi) is 9.03. The van der Waals surface area contributed by atoms with E-state index in [9.17, 15) is 4.79 Å². The van der Waals surface area contributed by atoms with E-state index < -0.39 is 0 Å². The predicted molar refractivity (Wildman–Crippen MR) is 159 cm³/mol. The molecule has 0 radical (unpaired) electrons. The minimum Gasteiger partial charge on any atom is -0.494 e. The van der Waals surface area contributed by atoms with Crippen molar-refractivity contribution in [1.82, 2.24) is 14.9 Å². The summed E-state index contributed by atoms with van der Waals surface area (Å²) in [6, 6.07) is 13.8. The molecule has 9 nitrogen and oxygen atoms in total. The molecular weight excluding hydrogens is 528 g/mol. The summed E-state index contributed by atoms with van der Waals surface area (Å²) in [5.41, 5.74) is 2.44. The van der Waals surface area contributed by atoms with Gasteiger partial charge in [0.05, 0.1) is 19.0 Å². The van der Waals surface area contributed by atoms with Gasteiger partial charge in [0, 0.05) is 42.6 Å². The molecule has 0 bridgehead atoms. The van der Waals surface area contributed by atoms with E-state index in [2.05, 4.69) is 49.1 Å². The fourth-order valence-electron chi connectivity index (χ4n) is 5.30. The molecule has 2 fully saturated rings. The lowest BCUT2D eigenvalue weighted by Crippen LogP contribution is -2.46. The third-order valence-corrected chi connectivity index (χ3v) is 7.64. The molecule has 40 heavy (non-hydrogen) atoms. The number of aromatic nitrogens is 2. The van der Waals surface area contributed by atoms with Gasteiger partial charge in [0.2, 0.25) is 17.7 Å². The predicted octanol–water partition coefficient (Wildman–Crippen LogP) is 6.25. The zero-order valence-corrected chi connectivity index (χ0v) is 23.5. The van der Waals surface area contributed by atoms with Crippen molar-refractivity contribution in [1.29, 1.82) is 0 Å². The summed E-state index contributed by atoms with van der Waals surface area (Å²) in [7, 11) is 1.66. The van der Waals surface area contributed by atoms with E-state index in [4.69, 9.17) is 21.1 Å². The molecule has 0 aliphatic carbocycles. The number of rotatable bonds is 9. The summed E-state index contributed by atoms with van der Waals surface area (Å²) in [6.07, 6.45) is 9.09. The van der Waals surface area contributed by atoms with Gasteiger partial charge in [-0.2, -0.15) is 4.98 Å². The fourth-order valence-corrected chi connectivity index (χ4v) is 5.43. The van der Waals surface area contributed by atoms with Crippen molar-refractivity contribution in [3.63, 3.8) is 0 Å². The highest BCUT2D eigenvalue weighted by Crippen LogP contribution is 2.35. The van der Waals surface area contributed by atoms with Crippen LogP contribution in [-0.4, -0.2) is 60.1 Å². The van der Waals surface area contributed by atoms with Crippen LogP contribution < -0.4 is 25.0 Å². The second-order valence-electron chi connectivity index (χ2n) is 9.99. The Hall–Kier alpha value is -3.82. The van der Waals surface area contributed by atoms with E-state index in [-0.39, 0.29) is 16.8 Å². The van der Waals surface area contributed by atoms with Crippen molar-refractivity contribution in [2.45, 2.75) is 38.1 Å². The molecule has 2 saturated heterocycles. The largest absolute Gasteiger partial charge is 0.494 e. The molecule has 5 rings (SSSR count). The summed E-state index contributed by atoms with van der Waals surface area (Å²) >= 11 is 6.33. The van der Waals surface area contributed by atoms with Gasteiger partial charge in [0.15, 0.2) is 0 Å². The molecule has 2 N–H and O–H groups in total. The number of methoxy groups -OCH3 is 1. The number of carbonyl (C=O) groups is 1. The van der Waals surface area contributed by atoms with E-state index in [0.29, 0.717) is 29.2 Å². The second-order valence-corrected chi connectivity index (χ2v) is 10.4. The molecule has 2 aliphatic rings. The SMILES string of the molecule is C=CC(=O)Nc1cccc(Oc2nc(Nc3ccc(N4CCC(N5CCCCC5)CC4)cc3OC)ncc2Cl)c1. The van der Waals surface area contributed by atoms with Gasteiger partial charge in [0.1, 0.15) is 16.5 Å². The molecular formula is C30H35ClN6O3. The highest BCUT2D eigenvalue weighted by Gasteiger charge is 2.26. The number of halogens is 1. The highest BCUT2D eigenvalue weighted by atomic mass is 35.5. The lowest BCUT2D eigenvalue weighted by Gasteiger charge is -2.41. The second kappa shape index (κ2) is 13.0. The lowest BCUT2D eigenvalue weighted by atomic mass is 9.99. The summed E-state index contributed by atoms with van der Waals surface area (Å²) in [5, 5.41) is 6.17. The van der Waals surface area contributed by atoms with Gasteiger partial charge in [-0.1, -0.05) is 30.7 Å². The smallest absolute Gasteiger partial charge is 0.247 e. The van der Waals surface area contributed by atoms with Crippen LogP contribution in [0.3, 0.4) is 0 Å². The van der Waals surface area contributed by atoms with E-state index in [1.165, 1.54) is 57.5 Å². The first kappa shape index (κ1) is 27.7. The van der Waals surface area contributed by atoms with Crippen molar-refractivity contribution in [3.05, 3.63) is 66.3 Å². The summed E-state index contributed by atoms with van der Waals surface area (Å²) in [5.74, 6) is 1.33. The average Bonchev–Trinajstić information content (AvgIpc) is 2.99. The summed E-state index contributed by atoms with van der Waals surface area (Å²) < 4.78 is 11.6. The van der Waals surface area contributed by atoms with Crippen molar-refractivity contribution < 1.29 is 14.3 Å². The van der Waals surface area contributed by atoms with Gasteiger partial charge in [-0.3, -0.25) is 4.79 Å². The first-order valence-electron chi connectivity index (χ1n) is 13.7. The van der Waals surface area contributed by atoms with Crippen LogP contribution in [0.1, 0.15) is 32.1 Å². The minimum atomic E-state index is -0.314. The number of hydrogen-bond donors (Lipinski definition) is 2. The Labute approximate surface area is 240 Å². The maximum absolute atomic E-state index is 11.6. The molecule has 0 saturated carbocycles. The molecule has 0 spiro atoms. The van der Waals surface area contributed by atoms with Gasteiger partial charge in [-0.25, -0.2) is 4.98 Å². The first-order chi connectivity index (χ1) is 19.5. The summed E-state index contributed by atoms with van der Waals surface area (Å²) in [6.45, 7) is 8.04. The quantitative estimate of drug-likeness (QED) is 0.296. The van der Waals surface area contributed by atoms with Gasteiger partial charge in [-0.15, -0.1) is 0 Å². The van der Waals surface area contributed by atoms with Crippen LogP contribution in [0.15, 0.2) is 61.3 Å². The van der Waals surface area contributed by atoms with Gasteiger partial charge >= 0.3 is 0 Å². The number of hydrogen-bond acceptors (Lipinski definition) is 8. The molecule has 2 aliphatic heterocycles. The van der Waals surface area contributed by atoms with Crippen molar-refractivity contribution in [3.8, 4) is 17.4 Å². The van der Waals surface area contributed by atoms with Gasteiger partial charge in [-0.05, 0) is 69.1 Å². The third kappa shape index (κ3) is 6.84. The fraction of sp³-hybridized carbons (Fsp3) is 0.367. The van der Waals surface area contributed by atoms with E-state index >= 15 is 0 Å².